The van der Waals surface area contributed by atoms with E-state index in [0.29, 0.717) is 6.29 Å². The number of rotatable bonds is 4. The predicted octanol–water partition coefficient (Wildman–Crippen LogP) is -0.266. The number of amides is 2. The Morgan fingerprint density at radius 3 is 2.69 bits per heavy atom. The van der Waals surface area contributed by atoms with Crippen LogP contribution in [0.4, 0.5) is 0 Å². The van der Waals surface area contributed by atoms with Crippen LogP contribution in [0.15, 0.2) is 11.6 Å². The van der Waals surface area contributed by atoms with E-state index < -0.39 is 23.8 Å². The summed E-state index contributed by atoms with van der Waals surface area (Å²) in [6, 6.07) is -0.707. The fraction of sp³-hybridized carbons (Fsp3) is 0.400. The number of carboxylic acids is 1. The Morgan fingerprint density at radius 1 is 1.62 bits per heavy atom. The highest BCUT2D eigenvalue weighted by Gasteiger charge is 2.31. The Hall–Kier alpha value is -1.98. The normalized spacial score (nSPS) is 18.1. The average Bonchev–Trinajstić information content (AvgIpc) is 2.15. The summed E-state index contributed by atoms with van der Waals surface area (Å²) in [6.45, 7) is 1.48. The van der Waals surface area contributed by atoms with Crippen LogP contribution in [-0.2, 0) is 19.2 Å². The van der Waals surface area contributed by atoms with Crippen LogP contribution in [0.5, 0.6) is 0 Å². The van der Waals surface area contributed by atoms with Crippen LogP contribution in [-0.4, -0.2) is 40.1 Å². The van der Waals surface area contributed by atoms with Gasteiger partial charge in [-0.15, -0.1) is 0 Å². The Bertz CT molecular complexity index is 385. The van der Waals surface area contributed by atoms with Gasteiger partial charge < -0.3 is 5.11 Å². The van der Waals surface area contributed by atoms with Gasteiger partial charge in [0.1, 0.15) is 6.29 Å². The van der Waals surface area contributed by atoms with Crippen LogP contribution in [0.2, 0.25) is 0 Å². The molecule has 1 atom stereocenters. The first-order chi connectivity index (χ1) is 7.45. The maximum absolute atomic E-state index is 11.5. The Labute approximate surface area is 91.5 Å². The van der Waals surface area contributed by atoms with Crippen molar-refractivity contribution in [1.82, 2.24) is 4.90 Å². The fourth-order valence-electron chi connectivity index (χ4n) is 1.54. The third-order valence-electron chi connectivity index (χ3n) is 2.23. The molecule has 1 rings (SSSR count). The Balaban J connectivity index is 2.86. The number of aliphatic carboxylic acids is 1. The largest absolute Gasteiger partial charge is 0.481 e. The third-order valence-corrected chi connectivity index (χ3v) is 2.23. The quantitative estimate of drug-likeness (QED) is 0.525. The Morgan fingerprint density at radius 2 is 2.25 bits per heavy atom. The van der Waals surface area contributed by atoms with E-state index in [4.69, 9.17) is 5.11 Å². The molecule has 1 aliphatic rings. The maximum atomic E-state index is 11.5. The number of hydrogen-bond acceptors (Lipinski definition) is 4. The molecule has 1 aliphatic heterocycles. The molecule has 1 N–H and O–H groups in total. The highest BCUT2D eigenvalue weighted by molar-refractivity contribution is 6.09. The highest BCUT2D eigenvalue weighted by atomic mass is 16.4. The average molecular weight is 225 g/mol. The van der Waals surface area contributed by atoms with Gasteiger partial charge in [0.2, 0.25) is 5.91 Å². The van der Waals surface area contributed by atoms with Gasteiger partial charge in [0.25, 0.3) is 5.91 Å². The lowest BCUT2D eigenvalue weighted by Crippen LogP contribution is -2.45. The Kier molecular flexibility index (Phi) is 3.55. The number of carbonyl (C=O) groups is 4. The zero-order chi connectivity index (χ0) is 12.3. The fourth-order valence-corrected chi connectivity index (χ4v) is 1.54. The van der Waals surface area contributed by atoms with Crippen molar-refractivity contribution in [2.75, 3.05) is 0 Å². The molecule has 1 heterocycles. The zero-order valence-electron chi connectivity index (χ0n) is 8.67. The molecule has 0 aromatic heterocycles. The smallest absolute Gasteiger partial charge is 0.305 e. The number of carbonyl (C=O) groups excluding carboxylic acids is 3. The first kappa shape index (κ1) is 12.1. The molecule has 0 aromatic carbocycles. The molecule has 6 nitrogen and oxygen atoms in total. The van der Waals surface area contributed by atoms with Crippen molar-refractivity contribution < 1.29 is 24.3 Å². The minimum Gasteiger partial charge on any atom is -0.481 e. The van der Waals surface area contributed by atoms with Gasteiger partial charge in [0.05, 0.1) is 12.8 Å². The summed E-state index contributed by atoms with van der Waals surface area (Å²) >= 11 is 0. The summed E-state index contributed by atoms with van der Waals surface area (Å²) in [7, 11) is 0. The second-order valence-corrected chi connectivity index (χ2v) is 3.56. The topological polar surface area (TPSA) is 91.8 Å². The first-order valence-electron chi connectivity index (χ1n) is 4.69. The summed E-state index contributed by atoms with van der Waals surface area (Å²) in [6.07, 6.45) is 1.06. The van der Waals surface area contributed by atoms with Crippen molar-refractivity contribution in [3.05, 3.63) is 11.6 Å². The van der Waals surface area contributed by atoms with E-state index in [-0.39, 0.29) is 18.4 Å². The zero-order valence-corrected chi connectivity index (χ0v) is 8.67. The van der Waals surface area contributed by atoms with Crippen molar-refractivity contribution >= 4 is 24.1 Å². The van der Waals surface area contributed by atoms with E-state index >= 15 is 0 Å². The molecule has 0 aliphatic carbocycles. The van der Waals surface area contributed by atoms with Crippen LogP contribution in [0.3, 0.4) is 0 Å². The molecule has 6 heteroatoms. The van der Waals surface area contributed by atoms with E-state index in [0.717, 1.165) is 11.0 Å². The molecule has 0 radical (unpaired) electrons. The van der Waals surface area contributed by atoms with Gasteiger partial charge in [-0.3, -0.25) is 24.1 Å². The van der Waals surface area contributed by atoms with E-state index in [1.54, 1.807) is 0 Å². The highest BCUT2D eigenvalue weighted by Crippen LogP contribution is 2.16. The van der Waals surface area contributed by atoms with E-state index in [9.17, 15) is 19.2 Å². The molecule has 0 saturated carbocycles. The summed E-state index contributed by atoms with van der Waals surface area (Å²) in [4.78, 5) is 44.7. The minimum absolute atomic E-state index is 0.119. The lowest BCUT2D eigenvalue weighted by Gasteiger charge is -2.28. The second-order valence-electron chi connectivity index (χ2n) is 3.56. The molecule has 0 fully saturated rings. The number of imide groups is 1. The molecular weight excluding hydrogens is 214 g/mol. The van der Waals surface area contributed by atoms with Crippen LogP contribution >= 0.6 is 0 Å². The van der Waals surface area contributed by atoms with Gasteiger partial charge in [0.15, 0.2) is 0 Å². The standard InChI is InChI=1S/C10H11NO5/c1-6(2-10(15)16)11-8(13)3-7(5-12)4-9(11)14/h3,5-6H,2,4H2,1H3,(H,15,16). The van der Waals surface area contributed by atoms with Gasteiger partial charge in [-0.05, 0) is 6.92 Å². The van der Waals surface area contributed by atoms with Crippen molar-refractivity contribution in [1.29, 1.82) is 0 Å². The van der Waals surface area contributed by atoms with E-state index in [1.165, 1.54) is 6.92 Å². The predicted molar refractivity (Wildman–Crippen MR) is 52.3 cm³/mol. The number of carboxylic acid groups (broad SMARTS) is 1. The van der Waals surface area contributed by atoms with Crippen LogP contribution < -0.4 is 0 Å². The minimum atomic E-state index is -1.08. The molecule has 0 saturated heterocycles. The van der Waals surface area contributed by atoms with Gasteiger partial charge in [0, 0.05) is 17.7 Å². The van der Waals surface area contributed by atoms with E-state index in [1.807, 2.05) is 0 Å². The van der Waals surface area contributed by atoms with Crippen molar-refractivity contribution in [2.24, 2.45) is 0 Å². The SMILES string of the molecule is CC(CC(=O)O)N1C(=O)C=C(C=O)CC1=O. The third kappa shape index (κ3) is 2.53. The second kappa shape index (κ2) is 4.69. The van der Waals surface area contributed by atoms with Crippen molar-refractivity contribution in [3.63, 3.8) is 0 Å². The monoisotopic (exact) mass is 225 g/mol. The number of nitrogens with zero attached hydrogens (tertiary/aromatic N) is 1. The number of hydrogen-bond donors (Lipinski definition) is 1. The van der Waals surface area contributed by atoms with Crippen molar-refractivity contribution in [3.8, 4) is 0 Å². The van der Waals surface area contributed by atoms with Gasteiger partial charge in [-0.1, -0.05) is 0 Å². The molecule has 2 amide bonds. The molecular formula is C10H11NO5. The van der Waals surface area contributed by atoms with Crippen molar-refractivity contribution in [2.45, 2.75) is 25.8 Å². The molecule has 16 heavy (non-hydrogen) atoms. The maximum Gasteiger partial charge on any atom is 0.305 e. The van der Waals surface area contributed by atoms with Gasteiger partial charge in [-0.2, -0.15) is 0 Å². The van der Waals surface area contributed by atoms with Crippen LogP contribution in [0, 0.1) is 0 Å². The van der Waals surface area contributed by atoms with Gasteiger partial charge in [-0.25, -0.2) is 0 Å². The summed E-state index contributed by atoms with van der Waals surface area (Å²) in [5.41, 5.74) is 0.119. The molecule has 0 spiro atoms. The summed E-state index contributed by atoms with van der Waals surface area (Å²) < 4.78 is 0. The summed E-state index contributed by atoms with van der Waals surface area (Å²) in [5.74, 6) is -2.26. The van der Waals surface area contributed by atoms with Crippen LogP contribution in [0.1, 0.15) is 19.8 Å². The lowest BCUT2D eigenvalue weighted by atomic mass is 10.1. The molecule has 1 unspecified atom stereocenters. The van der Waals surface area contributed by atoms with Gasteiger partial charge >= 0.3 is 5.97 Å². The van der Waals surface area contributed by atoms with Crippen LogP contribution in [0.25, 0.3) is 0 Å². The van der Waals surface area contributed by atoms with E-state index in [2.05, 4.69) is 0 Å². The number of aldehydes is 1. The first-order valence-corrected chi connectivity index (χ1v) is 4.69. The summed E-state index contributed by atoms with van der Waals surface area (Å²) in [5, 5.41) is 8.56. The molecule has 86 valence electrons. The molecule has 0 bridgehead atoms. The molecule has 0 aromatic rings. The lowest BCUT2D eigenvalue weighted by molar-refractivity contribution is -0.147.